The zero-order valence-electron chi connectivity index (χ0n) is 9.11. The van der Waals surface area contributed by atoms with Gasteiger partial charge >= 0.3 is 0 Å². The molecule has 15 heavy (non-hydrogen) atoms. The second-order valence-electron chi connectivity index (χ2n) is 3.76. The highest BCUT2D eigenvalue weighted by Crippen LogP contribution is 2.25. The number of aliphatic hydroxyl groups excluding tert-OH is 1. The highest BCUT2D eigenvalue weighted by atomic mass is 127. The Morgan fingerprint density at radius 2 is 2.20 bits per heavy atom. The summed E-state index contributed by atoms with van der Waals surface area (Å²) in [5.41, 5.74) is 0.991. The molecule has 0 saturated heterocycles. The van der Waals surface area contributed by atoms with Gasteiger partial charge in [0.25, 0.3) is 0 Å². The van der Waals surface area contributed by atoms with Crippen molar-refractivity contribution in [1.29, 1.82) is 0 Å². The molecule has 84 valence electrons. The van der Waals surface area contributed by atoms with Crippen LogP contribution >= 0.6 is 22.6 Å². The predicted molar refractivity (Wildman–Crippen MR) is 69.8 cm³/mol. The molecule has 0 aliphatic heterocycles. The van der Waals surface area contributed by atoms with Gasteiger partial charge in [-0.2, -0.15) is 0 Å². The van der Waals surface area contributed by atoms with Crippen LogP contribution in [0.2, 0.25) is 0 Å². The Labute approximate surface area is 105 Å². The minimum atomic E-state index is -0.394. The number of hydrogen-bond acceptors (Lipinski definition) is 2. The Balaban J connectivity index is 2.62. The number of halogens is 1. The molecule has 0 radical (unpaired) electrons. The summed E-state index contributed by atoms with van der Waals surface area (Å²) in [6.07, 6.45) is 0.484. The number of ether oxygens (including phenoxy) is 1. The molecule has 1 aromatic carbocycles. The minimum absolute atomic E-state index is 0.225. The molecule has 2 nitrogen and oxygen atoms in total. The number of aliphatic hydroxyl groups is 1. The molecule has 0 saturated carbocycles. The number of benzene rings is 1. The molecule has 0 aliphatic rings. The molecule has 0 aromatic heterocycles. The summed E-state index contributed by atoms with van der Waals surface area (Å²) in [6.45, 7) is 2.74. The fraction of sp³-hybridized carbons (Fsp3) is 0.500. The smallest absolute Gasteiger partial charge is 0.0816 e. The van der Waals surface area contributed by atoms with Crippen LogP contribution in [0.25, 0.3) is 0 Å². The third-order valence-corrected chi connectivity index (χ3v) is 3.18. The van der Waals surface area contributed by atoms with Gasteiger partial charge < -0.3 is 9.84 Å². The van der Waals surface area contributed by atoms with Crippen LogP contribution in [0.5, 0.6) is 0 Å². The van der Waals surface area contributed by atoms with Gasteiger partial charge in [0.15, 0.2) is 0 Å². The molecule has 0 amide bonds. The van der Waals surface area contributed by atoms with Crippen molar-refractivity contribution in [1.82, 2.24) is 0 Å². The summed E-state index contributed by atoms with van der Waals surface area (Å²) in [4.78, 5) is 0. The van der Waals surface area contributed by atoms with E-state index in [0.717, 1.165) is 15.6 Å². The first kappa shape index (κ1) is 12.9. The van der Waals surface area contributed by atoms with Gasteiger partial charge in [-0.15, -0.1) is 0 Å². The fourth-order valence-electron chi connectivity index (χ4n) is 1.48. The molecular weight excluding hydrogens is 303 g/mol. The summed E-state index contributed by atoms with van der Waals surface area (Å²) in [5.74, 6) is 0.225. The van der Waals surface area contributed by atoms with E-state index < -0.39 is 6.10 Å². The zero-order valence-corrected chi connectivity index (χ0v) is 11.3. The van der Waals surface area contributed by atoms with Crippen molar-refractivity contribution >= 4 is 22.6 Å². The van der Waals surface area contributed by atoms with E-state index in [1.54, 1.807) is 7.11 Å². The van der Waals surface area contributed by atoms with Gasteiger partial charge in [-0.1, -0.05) is 19.1 Å². The van der Waals surface area contributed by atoms with Gasteiger partial charge in [-0.3, -0.25) is 0 Å². The van der Waals surface area contributed by atoms with E-state index in [1.165, 1.54) is 0 Å². The number of rotatable bonds is 5. The summed E-state index contributed by atoms with van der Waals surface area (Å²) >= 11 is 2.26. The Kier molecular flexibility index (Phi) is 5.56. The van der Waals surface area contributed by atoms with E-state index in [2.05, 4.69) is 22.6 Å². The minimum Gasteiger partial charge on any atom is -0.388 e. The largest absolute Gasteiger partial charge is 0.388 e. The molecule has 1 rings (SSSR count). The molecule has 1 N–H and O–H groups in total. The summed E-state index contributed by atoms with van der Waals surface area (Å²) < 4.78 is 6.17. The van der Waals surface area contributed by atoms with E-state index in [1.807, 2.05) is 31.2 Å². The molecule has 0 bridgehead atoms. The lowest BCUT2D eigenvalue weighted by molar-refractivity contribution is 0.0886. The Morgan fingerprint density at radius 3 is 2.80 bits per heavy atom. The van der Waals surface area contributed by atoms with Gasteiger partial charge in [-0.25, -0.2) is 0 Å². The molecule has 2 unspecified atom stereocenters. The molecular formula is C12H17IO2. The first-order valence-corrected chi connectivity index (χ1v) is 6.15. The quantitative estimate of drug-likeness (QED) is 0.845. The van der Waals surface area contributed by atoms with Crippen molar-refractivity contribution in [3.8, 4) is 0 Å². The monoisotopic (exact) mass is 320 g/mol. The van der Waals surface area contributed by atoms with Crippen molar-refractivity contribution < 1.29 is 9.84 Å². The second-order valence-corrected chi connectivity index (χ2v) is 5.00. The van der Waals surface area contributed by atoms with Gasteiger partial charge in [-0.05, 0) is 52.6 Å². The van der Waals surface area contributed by atoms with Crippen LogP contribution in [0.3, 0.4) is 0 Å². The van der Waals surface area contributed by atoms with Crippen molar-refractivity contribution in [2.45, 2.75) is 19.4 Å². The lowest BCUT2D eigenvalue weighted by Gasteiger charge is -2.18. The highest BCUT2D eigenvalue weighted by molar-refractivity contribution is 14.1. The molecule has 0 spiro atoms. The average molecular weight is 320 g/mol. The second kappa shape index (κ2) is 6.45. The lowest BCUT2D eigenvalue weighted by atomic mass is 9.95. The van der Waals surface area contributed by atoms with E-state index in [0.29, 0.717) is 6.61 Å². The number of methoxy groups -OCH3 is 1. The van der Waals surface area contributed by atoms with Crippen LogP contribution in [0, 0.1) is 9.49 Å². The normalized spacial score (nSPS) is 14.9. The van der Waals surface area contributed by atoms with Gasteiger partial charge in [0.05, 0.1) is 6.10 Å². The van der Waals surface area contributed by atoms with Crippen LogP contribution in [-0.4, -0.2) is 18.8 Å². The Bertz CT molecular complexity index is 301. The molecule has 1 aromatic rings. The van der Waals surface area contributed by atoms with Gasteiger partial charge in [0.2, 0.25) is 0 Å². The van der Waals surface area contributed by atoms with E-state index in [4.69, 9.17) is 4.74 Å². The van der Waals surface area contributed by atoms with Gasteiger partial charge in [0.1, 0.15) is 0 Å². The van der Waals surface area contributed by atoms with E-state index in [9.17, 15) is 5.11 Å². The maximum atomic E-state index is 10.1. The van der Waals surface area contributed by atoms with Crippen molar-refractivity contribution in [3.63, 3.8) is 0 Å². The summed E-state index contributed by atoms with van der Waals surface area (Å²) in [5, 5.41) is 10.1. The topological polar surface area (TPSA) is 29.5 Å². The zero-order chi connectivity index (χ0) is 11.3. The lowest BCUT2D eigenvalue weighted by Crippen LogP contribution is -2.11. The molecule has 3 heteroatoms. The maximum Gasteiger partial charge on any atom is 0.0816 e. The van der Waals surface area contributed by atoms with Crippen molar-refractivity contribution in [3.05, 3.63) is 33.4 Å². The highest BCUT2D eigenvalue weighted by Gasteiger charge is 2.15. The maximum absolute atomic E-state index is 10.1. The van der Waals surface area contributed by atoms with Crippen LogP contribution < -0.4 is 0 Å². The summed E-state index contributed by atoms with van der Waals surface area (Å²) in [7, 11) is 1.69. The van der Waals surface area contributed by atoms with Crippen LogP contribution in [-0.2, 0) is 4.74 Å². The van der Waals surface area contributed by atoms with Crippen molar-refractivity contribution in [2.75, 3.05) is 13.7 Å². The third-order valence-electron chi connectivity index (χ3n) is 2.51. The SMILES string of the molecule is COCCC(C)C(O)c1cccc(I)c1. The molecule has 0 heterocycles. The van der Waals surface area contributed by atoms with E-state index >= 15 is 0 Å². The molecule has 0 fully saturated rings. The van der Waals surface area contributed by atoms with E-state index in [-0.39, 0.29) is 5.92 Å². The summed E-state index contributed by atoms with van der Waals surface area (Å²) in [6, 6.07) is 7.99. The Hall–Kier alpha value is -0.130. The average Bonchev–Trinajstić information content (AvgIpc) is 2.24. The van der Waals surface area contributed by atoms with Gasteiger partial charge in [0, 0.05) is 17.3 Å². The number of hydrogen-bond donors (Lipinski definition) is 1. The van der Waals surface area contributed by atoms with Crippen LogP contribution in [0.15, 0.2) is 24.3 Å². The van der Waals surface area contributed by atoms with Crippen LogP contribution in [0.1, 0.15) is 25.0 Å². The molecule has 2 atom stereocenters. The Morgan fingerprint density at radius 1 is 1.47 bits per heavy atom. The first-order chi connectivity index (χ1) is 7.15. The fourth-order valence-corrected chi connectivity index (χ4v) is 2.05. The predicted octanol–water partition coefficient (Wildman–Crippen LogP) is 3.00. The van der Waals surface area contributed by atoms with Crippen molar-refractivity contribution in [2.24, 2.45) is 5.92 Å². The first-order valence-electron chi connectivity index (χ1n) is 5.07. The standard InChI is InChI=1S/C12H17IO2/c1-9(6-7-15-2)12(14)10-4-3-5-11(13)8-10/h3-5,8-9,12,14H,6-7H2,1-2H3. The molecule has 0 aliphatic carbocycles. The third kappa shape index (κ3) is 4.09. The van der Waals surface area contributed by atoms with Crippen LogP contribution in [0.4, 0.5) is 0 Å².